The van der Waals surface area contributed by atoms with Gasteiger partial charge >= 0.3 is 0 Å². The van der Waals surface area contributed by atoms with Crippen molar-refractivity contribution in [3.63, 3.8) is 0 Å². The molecule has 1 N–H and O–H groups in total. The molecule has 1 saturated heterocycles. The number of ether oxygens (including phenoxy) is 1. The second kappa shape index (κ2) is 6.15. The third kappa shape index (κ3) is 2.96. The standard InChI is InChI=1S/C15H22N2O4/c1-17(8-10-4-2-5-11(10)18)15(19)13-14(21-9-16-13)12-6-3-7-20-12/h9-12,18H,2-8H2,1H3. The monoisotopic (exact) mass is 294 g/mol. The van der Waals surface area contributed by atoms with Crippen LogP contribution in [-0.2, 0) is 4.74 Å². The molecule has 0 radical (unpaired) electrons. The van der Waals surface area contributed by atoms with Gasteiger partial charge in [-0.25, -0.2) is 4.98 Å². The quantitative estimate of drug-likeness (QED) is 0.915. The van der Waals surface area contributed by atoms with Crippen LogP contribution in [0.2, 0.25) is 0 Å². The molecule has 2 aliphatic rings. The van der Waals surface area contributed by atoms with Crippen LogP contribution in [0.4, 0.5) is 0 Å². The summed E-state index contributed by atoms with van der Waals surface area (Å²) >= 11 is 0. The number of oxazole rings is 1. The van der Waals surface area contributed by atoms with E-state index in [1.165, 1.54) is 6.39 Å². The van der Waals surface area contributed by atoms with E-state index in [4.69, 9.17) is 9.15 Å². The van der Waals surface area contributed by atoms with Crippen LogP contribution in [0.5, 0.6) is 0 Å². The second-order valence-corrected chi connectivity index (χ2v) is 6.01. The van der Waals surface area contributed by atoms with E-state index in [0.29, 0.717) is 24.6 Å². The van der Waals surface area contributed by atoms with Gasteiger partial charge < -0.3 is 19.2 Å². The van der Waals surface area contributed by atoms with Gasteiger partial charge in [0, 0.05) is 26.1 Å². The molecule has 1 aromatic heterocycles. The molecule has 21 heavy (non-hydrogen) atoms. The number of aliphatic hydroxyl groups excluding tert-OH is 1. The number of amides is 1. The van der Waals surface area contributed by atoms with Crippen molar-refractivity contribution in [3.05, 3.63) is 17.8 Å². The predicted molar refractivity (Wildman–Crippen MR) is 74.7 cm³/mol. The summed E-state index contributed by atoms with van der Waals surface area (Å²) in [4.78, 5) is 18.3. The smallest absolute Gasteiger partial charge is 0.275 e. The fourth-order valence-electron chi connectivity index (χ4n) is 3.27. The van der Waals surface area contributed by atoms with E-state index < -0.39 is 0 Å². The first-order valence-electron chi connectivity index (χ1n) is 7.65. The zero-order valence-corrected chi connectivity index (χ0v) is 12.3. The molecule has 3 unspecified atom stereocenters. The van der Waals surface area contributed by atoms with E-state index >= 15 is 0 Å². The number of aromatic nitrogens is 1. The molecule has 3 rings (SSSR count). The molecule has 1 aromatic rings. The maximum Gasteiger partial charge on any atom is 0.275 e. The Hall–Kier alpha value is -1.40. The van der Waals surface area contributed by atoms with E-state index in [1.807, 2.05) is 0 Å². The van der Waals surface area contributed by atoms with Crippen LogP contribution in [0, 0.1) is 5.92 Å². The fraction of sp³-hybridized carbons (Fsp3) is 0.733. The van der Waals surface area contributed by atoms with Crippen LogP contribution in [0.1, 0.15) is 54.5 Å². The van der Waals surface area contributed by atoms with Crippen molar-refractivity contribution in [3.8, 4) is 0 Å². The number of aliphatic hydroxyl groups is 1. The minimum Gasteiger partial charge on any atom is -0.445 e. The van der Waals surface area contributed by atoms with Gasteiger partial charge in [0.2, 0.25) is 0 Å². The lowest BCUT2D eigenvalue weighted by Gasteiger charge is -2.23. The zero-order chi connectivity index (χ0) is 14.8. The largest absolute Gasteiger partial charge is 0.445 e. The van der Waals surface area contributed by atoms with E-state index in [2.05, 4.69) is 4.98 Å². The molecule has 3 atom stereocenters. The Morgan fingerprint density at radius 3 is 2.95 bits per heavy atom. The minimum atomic E-state index is -0.296. The number of nitrogens with zero attached hydrogens (tertiary/aromatic N) is 2. The van der Waals surface area contributed by atoms with Crippen LogP contribution in [0.15, 0.2) is 10.8 Å². The van der Waals surface area contributed by atoms with Gasteiger partial charge in [-0.05, 0) is 25.7 Å². The van der Waals surface area contributed by atoms with Crippen LogP contribution in [0.25, 0.3) is 0 Å². The summed E-state index contributed by atoms with van der Waals surface area (Å²) in [6.07, 6.45) is 5.52. The molecule has 2 fully saturated rings. The molecule has 1 amide bonds. The molecule has 116 valence electrons. The lowest BCUT2D eigenvalue weighted by molar-refractivity contribution is 0.0663. The molecule has 0 bridgehead atoms. The average molecular weight is 294 g/mol. The molecule has 1 aliphatic carbocycles. The van der Waals surface area contributed by atoms with Crippen molar-refractivity contribution in [2.45, 2.75) is 44.3 Å². The van der Waals surface area contributed by atoms with Crippen molar-refractivity contribution in [1.82, 2.24) is 9.88 Å². The van der Waals surface area contributed by atoms with Crippen molar-refractivity contribution in [1.29, 1.82) is 0 Å². The number of carbonyl (C=O) groups is 1. The van der Waals surface area contributed by atoms with Crippen LogP contribution < -0.4 is 0 Å². The number of rotatable bonds is 4. The van der Waals surface area contributed by atoms with Gasteiger partial charge in [0.25, 0.3) is 5.91 Å². The first-order chi connectivity index (χ1) is 10.2. The third-order valence-electron chi connectivity index (χ3n) is 4.49. The molecule has 0 spiro atoms. The summed E-state index contributed by atoms with van der Waals surface area (Å²) < 4.78 is 11.0. The molecule has 1 aliphatic heterocycles. The van der Waals surface area contributed by atoms with E-state index in [9.17, 15) is 9.90 Å². The molecule has 0 aromatic carbocycles. The zero-order valence-electron chi connectivity index (χ0n) is 12.3. The molecule has 1 saturated carbocycles. The Labute approximate surface area is 124 Å². The highest BCUT2D eigenvalue weighted by Crippen LogP contribution is 2.31. The summed E-state index contributed by atoms with van der Waals surface area (Å²) in [5.74, 6) is 0.543. The highest BCUT2D eigenvalue weighted by Gasteiger charge is 2.32. The summed E-state index contributed by atoms with van der Waals surface area (Å²) in [6, 6.07) is 0. The summed E-state index contributed by atoms with van der Waals surface area (Å²) in [5.41, 5.74) is 0.344. The van der Waals surface area contributed by atoms with Crippen LogP contribution in [0.3, 0.4) is 0 Å². The lowest BCUT2D eigenvalue weighted by Crippen LogP contribution is -2.35. The normalized spacial score (nSPS) is 29.0. The van der Waals surface area contributed by atoms with Gasteiger partial charge in [0.1, 0.15) is 6.10 Å². The molecule has 2 heterocycles. The summed E-state index contributed by atoms with van der Waals surface area (Å²) in [5, 5.41) is 9.89. The first kappa shape index (κ1) is 14.5. The Balaban J connectivity index is 1.68. The Kier molecular flexibility index (Phi) is 4.26. The van der Waals surface area contributed by atoms with Crippen LogP contribution >= 0.6 is 0 Å². The molecule has 6 heteroatoms. The minimum absolute atomic E-state index is 0.156. The van der Waals surface area contributed by atoms with Gasteiger partial charge in [-0.15, -0.1) is 0 Å². The maximum absolute atomic E-state index is 12.5. The van der Waals surface area contributed by atoms with E-state index in [-0.39, 0.29) is 24.0 Å². The Morgan fingerprint density at radius 2 is 2.29 bits per heavy atom. The topological polar surface area (TPSA) is 75.8 Å². The van der Waals surface area contributed by atoms with Crippen molar-refractivity contribution in [2.75, 3.05) is 20.2 Å². The molecule has 6 nitrogen and oxygen atoms in total. The number of carbonyl (C=O) groups excluding carboxylic acids is 1. The van der Waals surface area contributed by atoms with Gasteiger partial charge in [0.15, 0.2) is 17.8 Å². The average Bonchev–Trinajstić information content (AvgIpc) is 3.18. The Bertz CT molecular complexity index is 496. The summed E-state index contributed by atoms with van der Waals surface area (Å²) in [7, 11) is 1.75. The molecular formula is C15H22N2O4. The SMILES string of the molecule is CN(CC1CCCC1O)C(=O)c1ncoc1C1CCCO1. The second-order valence-electron chi connectivity index (χ2n) is 6.01. The number of hydrogen-bond acceptors (Lipinski definition) is 5. The predicted octanol–water partition coefficient (Wildman–Crippen LogP) is 1.76. The highest BCUT2D eigenvalue weighted by atomic mass is 16.5. The van der Waals surface area contributed by atoms with Gasteiger partial charge in [-0.1, -0.05) is 6.42 Å². The first-order valence-corrected chi connectivity index (χ1v) is 7.65. The van der Waals surface area contributed by atoms with Crippen LogP contribution in [-0.4, -0.2) is 47.2 Å². The lowest BCUT2D eigenvalue weighted by atomic mass is 10.1. The van der Waals surface area contributed by atoms with Crippen molar-refractivity contribution in [2.24, 2.45) is 5.92 Å². The van der Waals surface area contributed by atoms with E-state index in [0.717, 1.165) is 32.1 Å². The van der Waals surface area contributed by atoms with Gasteiger partial charge in [0.05, 0.1) is 6.10 Å². The fourth-order valence-corrected chi connectivity index (χ4v) is 3.27. The van der Waals surface area contributed by atoms with Crippen molar-refractivity contribution >= 4 is 5.91 Å². The van der Waals surface area contributed by atoms with Gasteiger partial charge in [-0.3, -0.25) is 4.79 Å². The van der Waals surface area contributed by atoms with Gasteiger partial charge in [-0.2, -0.15) is 0 Å². The third-order valence-corrected chi connectivity index (χ3v) is 4.49. The summed E-state index contributed by atoms with van der Waals surface area (Å²) in [6.45, 7) is 1.25. The van der Waals surface area contributed by atoms with E-state index in [1.54, 1.807) is 11.9 Å². The number of hydrogen-bond donors (Lipinski definition) is 1. The maximum atomic E-state index is 12.5. The van der Waals surface area contributed by atoms with Crippen molar-refractivity contribution < 1.29 is 19.1 Å². The molecular weight excluding hydrogens is 272 g/mol. The Morgan fingerprint density at radius 1 is 1.43 bits per heavy atom. The highest BCUT2D eigenvalue weighted by molar-refractivity contribution is 5.93.